The van der Waals surface area contributed by atoms with E-state index in [1.54, 1.807) is 22.7 Å². The third kappa shape index (κ3) is 3.76. The molecule has 2 aromatic heterocycles. The van der Waals surface area contributed by atoms with Gasteiger partial charge in [-0.25, -0.2) is 9.78 Å². The zero-order chi connectivity index (χ0) is 17.9. The molecule has 2 heterocycles. The van der Waals surface area contributed by atoms with Crippen LogP contribution in [0, 0.1) is 6.92 Å². The van der Waals surface area contributed by atoms with Crippen LogP contribution in [0.3, 0.4) is 0 Å². The molecule has 0 saturated carbocycles. The van der Waals surface area contributed by atoms with Crippen molar-refractivity contribution in [2.24, 2.45) is 0 Å². The average molecular weight is 380 g/mol. The number of hydrogen-bond donors (Lipinski definition) is 2. The van der Waals surface area contributed by atoms with Crippen LogP contribution < -0.4 is 10.6 Å². The molecule has 0 saturated heterocycles. The molecule has 6 heteroatoms. The fourth-order valence-electron chi connectivity index (χ4n) is 2.61. The summed E-state index contributed by atoms with van der Waals surface area (Å²) in [5.74, 6) is 0. The number of carbonyl (C=O) groups excluding carboxylic acids is 1. The Kier molecular flexibility index (Phi) is 4.69. The molecule has 0 bridgehead atoms. The van der Waals surface area contributed by atoms with Crippen LogP contribution in [0.4, 0.5) is 10.5 Å². The number of thiazole rings is 1. The van der Waals surface area contributed by atoms with E-state index in [1.165, 1.54) is 10.3 Å². The molecule has 130 valence electrons. The molecule has 0 aliphatic heterocycles. The van der Waals surface area contributed by atoms with Crippen molar-refractivity contribution in [3.63, 3.8) is 0 Å². The van der Waals surface area contributed by atoms with Gasteiger partial charge in [-0.1, -0.05) is 12.1 Å². The van der Waals surface area contributed by atoms with Crippen molar-refractivity contribution in [3.05, 3.63) is 70.4 Å². The zero-order valence-corrected chi connectivity index (χ0v) is 15.8. The Hall–Kier alpha value is -2.70. The summed E-state index contributed by atoms with van der Waals surface area (Å²) < 4.78 is 1.19. The molecule has 0 atom stereocenters. The predicted molar refractivity (Wildman–Crippen MR) is 110 cm³/mol. The first-order chi connectivity index (χ1) is 12.7. The van der Waals surface area contributed by atoms with Crippen molar-refractivity contribution in [1.82, 2.24) is 10.3 Å². The van der Waals surface area contributed by atoms with Crippen molar-refractivity contribution < 1.29 is 4.79 Å². The summed E-state index contributed by atoms with van der Waals surface area (Å²) >= 11 is 3.31. The number of anilines is 1. The normalized spacial score (nSPS) is 10.8. The smallest absolute Gasteiger partial charge is 0.319 e. The zero-order valence-electron chi connectivity index (χ0n) is 14.2. The first-order valence-electron chi connectivity index (χ1n) is 8.22. The molecule has 26 heavy (non-hydrogen) atoms. The van der Waals surface area contributed by atoms with Gasteiger partial charge in [0.1, 0.15) is 5.01 Å². The molecule has 4 rings (SSSR count). The number of aryl methyl sites for hydroxylation is 1. The number of aromatic nitrogens is 1. The van der Waals surface area contributed by atoms with E-state index >= 15 is 0 Å². The van der Waals surface area contributed by atoms with Crippen molar-refractivity contribution in [1.29, 1.82) is 0 Å². The van der Waals surface area contributed by atoms with Gasteiger partial charge in [0, 0.05) is 16.1 Å². The highest BCUT2D eigenvalue weighted by molar-refractivity contribution is 7.21. The summed E-state index contributed by atoms with van der Waals surface area (Å²) in [6.45, 7) is 2.62. The number of carbonyl (C=O) groups is 1. The quantitative estimate of drug-likeness (QED) is 0.481. The second-order valence-electron chi connectivity index (χ2n) is 5.95. The number of nitrogens with zero attached hydrogens (tertiary/aromatic N) is 1. The summed E-state index contributed by atoms with van der Waals surface area (Å²) in [6.07, 6.45) is 0. The van der Waals surface area contributed by atoms with E-state index in [1.807, 2.05) is 41.8 Å². The molecule has 0 aliphatic rings. The van der Waals surface area contributed by atoms with Crippen LogP contribution in [0.25, 0.3) is 20.8 Å². The van der Waals surface area contributed by atoms with Crippen LogP contribution >= 0.6 is 22.7 Å². The molecule has 0 spiro atoms. The number of nitrogens with one attached hydrogen (secondary N) is 2. The first kappa shape index (κ1) is 16.8. The van der Waals surface area contributed by atoms with Gasteiger partial charge in [-0.2, -0.15) is 0 Å². The number of amides is 2. The Labute approximate surface area is 159 Å². The summed E-state index contributed by atoms with van der Waals surface area (Å²) in [5, 5.41) is 8.69. The highest BCUT2D eigenvalue weighted by Gasteiger charge is 2.07. The second kappa shape index (κ2) is 7.27. The number of benzene rings is 2. The molecule has 0 unspecified atom stereocenters. The molecule has 2 amide bonds. The van der Waals surface area contributed by atoms with E-state index in [-0.39, 0.29) is 6.03 Å². The largest absolute Gasteiger partial charge is 0.333 e. The van der Waals surface area contributed by atoms with E-state index in [9.17, 15) is 4.79 Å². The van der Waals surface area contributed by atoms with Crippen molar-refractivity contribution >= 4 is 44.6 Å². The minimum absolute atomic E-state index is 0.207. The highest BCUT2D eigenvalue weighted by atomic mass is 32.1. The Morgan fingerprint density at radius 1 is 1.12 bits per heavy atom. The van der Waals surface area contributed by atoms with Crippen molar-refractivity contribution in [2.75, 3.05) is 5.32 Å². The van der Waals surface area contributed by atoms with Gasteiger partial charge >= 0.3 is 6.03 Å². The molecule has 0 radical (unpaired) electrons. The molecule has 2 aromatic carbocycles. The number of hydrogen-bond acceptors (Lipinski definition) is 4. The SMILES string of the molecule is Cc1ccc2nc(-c3ccc(NC(=O)NCc4cccs4)cc3)sc2c1. The third-order valence-corrected chi connectivity index (χ3v) is 5.88. The topological polar surface area (TPSA) is 54.0 Å². The van der Waals surface area contributed by atoms with Crippen molar-refractivity contribution in [3.8, 4) is 10.6 Å². The lowest BCUT2D eigenvalue weighted by Gasteiger charge is -2.07. The summed E-state index contributed by atoms with van der Waals surface area (Å²) in [6, 6.07) is 17.8. The fourth-order valence-corrected chi connectivity index (χ4v) is 4.32. The van der Waals surface area contributed by atoms with Crippen LogP contribution in [0.2, 0.25) is 0 Å². The Balaban J connectivity index is 1.43. The lowest BCUT2D eigenvalue weighted by atomic mass is 10.2. The monoisotopic (exact) mass is 379 g/mol. The third-order valence-electron chi connectivity index (χ3n) is 3.94. The summed E-state index contributed by atoms with van der Waals surface area (Å²) in [5.41, 5.74) is 4.06. The van der Waals surface area contributed by atoms with E-state index in [0.29, 0.717) is 6.54 Å². The van der Waals surface area contributed by atoms with Gasteiger partial charge in [0.2, 0.25) is 0 Å². The van der Waals surface area contributed by atoms with Gasteiger partial charge in [-0.05, 0) is 60.3 Å². The number of fused-ring (bicyclic) bond motifs is 1. The molecular formula is C20H17N3OS2. The highest BCUT2D eigenvalue weighted by Crippen LogP contribution is 2.31. The van der Waals surface area contributed by atoms with E-state index < -0.39 is 0 Å². The van der Waals surface area contributed by atoms with Crippen LogP contribution in [0.15, 0.2) is 60.0 Å². The molecule has 4 nitrogen and oxygen atoms in total. The fraction of sp³-hybridized carbons (Fsp3) is 0.100. The maximum atomic E-state index is 12.0. The molecule has 0 fully saturated rings. The standard InChI is InChI=1S/C20H17N3OS2/c1-13-4-9-17-18(11-13)26-19(23-17)14-5-7-15(8-6-14)22-20(24)21-12-16-3-2-10-25-16/h2-11H,12H2,1H3,(H2,21,22,24). The van der Waals surface area contributed by atoms with Crippen LogP contribution in [0.5, 0.6) is 0 Å². The van der Waals surface area contributed by atoms with Crippen LogP contribution in [-0.4, -0.2) is 11.0 Å². The number of urea groups is 1. The molecule has 4 aromatic rings. The minimum Gasteiger partial charge on any atom is -0.333 e. The van der Waals surface area contributed by atoms with E-state index in [2.05, 4.69) is 35.8 Å². The minimum atomic E-state index is -0.207. The Morgan fingerprint density at radius 2 is 1.96 bits per heavy atom. The predicted octanol–water partition coefficient (Wildman–Crippen LogP) is 5.65. The number of thiophene rings is 1. The molecular weight excluding hydrogens is 362 g/mol. The maximum Gasteiger partial charge on any atom is 0.319 e. The summed E-state index contributed by atoms with van der Waals surface area (Å²) in [7, 11) is 0. The lowest BCUT2D eigenvalue weighted by Crippen LogP contribution is -2.27. The Morgan fingerprint density at radius 3 is 2.73 bits per heavy atom. The first-order valence-corrected chi connectivity index (χ1v) is 9.92. The molecule has 2 N–H and O–H groups in total. The number of rotatable bonds is 4. The van der Waals surface area contributed by atoms with E-state index in [0.717, 1.165) is 26.7 Å². The average Bonchev–Trinajstić information content (AvgIpc) is 3.29. The Bertz CT molecular complexity index is 1040. The van der Waals surface area contributed by atoms with Gasteiger partial charge < -0.3 is 10.6 Å². The van der Waals surface area contributed by atoms with Crippen LogP contribution in [-0.2, 0) is 6.54 Å². The van der Waals surface area contributed by atoms with Gasteiger partial charge in [0.25, 0.3) is 0 Å². The lowest BCUT2D eigenvalue weighted by molar-refractivity contribution is 0.252. The van der Waals surface area contributed by atoms with Gasteiger partial charge in [0.05, 0.1) is 16.8 Å². The van der Waals surface area contributed by atoms with Gasteiger partial charge in [-0.15, -0.1) is 22.7 Å². The van der Waals surface area contributed by atoms with Crippen molar-refractivity contribution in [2.45, 2.75) is 13.5 Å². The maximum absolute atomic E-state index is 12.0. The summed E-state index contributed by atoms with van der Waals surface area (Å²) in [4.78, 5) is 17.8. The van der Waals surface area contributed by atoms with Crippen LogP contribution in [0.1, 0.15) is 10.4 Å². The second-order valence-corrected chi connectivity index (χ2v) is 8.02. The molecule has 0 aliphatic carbocycles. The van der Waals surface area contributed by atoms with Gasteiger partial charge in [-0.3, -0.25) is 0 Å². The van der Waals surface area contributed by atoms with E-state index in [4.69, 9.17) is 4.98 Å². The van der Waals surface area contributed by atoms with Gasteiger partial charge in [0.15, 0.2) is 0 Å².